The summed E-state index contributed by atoms with van der Waals surface area (Å²) in [5.74, 6) is 0.946. The predicted molar refractivity (Wildman–Crippen MR) is 86.7 cm³/mol. The number of piperidine rings is 1. The molecule has 0 unspecified atom stereocenters. The molecule has 122 valence electrons. The van der Waals surface area contributed by atoms with Crippen molar-refractivity contribution in [1.82, 2.24) is 19.7 Å². The van der Waals surface area contributed by atoms with Crippen LogP contribution < -0.4 is 10.1 Å². The molecule has 1 aliphatic heterocycles. The molecule has 3 heterocycles. The number of pyridine rings is 1. The maximum Gasteiger partial charge on any atom is 0.257 e. The van der Waals surface area contributed by atoms with Crippen LogP contribution in [0.1, 0.15) is 29.2 Å². The highest BCUT2D eigenvalue weighted by molar-refractivity contribution is 6.03. The van der Waals surface area contributed by atoms with Crippen molar-refractivity contribution >= 4 is 11.7 Å². The van der Waals surface area contributed by atoms with Crippen LogP contribution in [0.15, 0.2) is 30.6 Å². The molecule has 0 radical (unpaired) electrons. The first-order valence-electron chi connectivity index (χ1n) is 7.71. The number of carbonyl (C=O) groups excluding carboxylic acids is 1. The number of ether oxygens (including phenoxy) is 1. The SMILES string of the molecule is COc1cc(C(=O)Nc2ccnn2C2CCN(C)CC2)ccn1. The normalized spacial score (nSPS) is 16.3. The molecule has 1 amide bonds. The van der Waals surface area contributed by atoms with Gasteiger partial charge in [0, 0.05) is 23.9 Å². The van der Waals surface area contributed by atoms with E-state index in [0.29, 0.717) is 17.5 Å². The number of hydrogen-bond donors (Lipinski definition) is 1. The maximum absolute atomic E-state index is 12.4. The van der Waals surface area contributed by atoms with E-state index in [2.05, 4.69) is 27.3 Å². The van der Waals surface area contributed by atoms with Crippen molar-refractivity contribution in [2.45, 2.75) is 18.9 Å². The Labute approximate surface area is 135 Å². The van der Waals surface area contributed by atoms with Crippen LogP contribution in [0.2, 0.25) is 0 Å². The fourth-order valence-corrected chi connectivity index (χ4v) is 2.79. The first-order valence-corrected chi connectivity index (χ1v) is 7.71. The second-order valence-electron chi connectivity index (χ2n) is 5.74. The zero-order chi connectivity index (χ0) is 16.2. The molecule has 0 spiro atoms. The summed E-state index contributed by atoms with van der Waals surface area (Å²) in [4.78, 5) is 18.7. The smallest absolute Gasteiger partial charge is 0.257 e. The first kappa shape index (κ1) is 15.5. The summed E-state index contributed by atoms with van der Waals surface area (Å²) >= 11 is 0. The van der Waals surface area contributed by atoms with Crippen molar-refractivity contribution in [2.24, 2.45) is 0 Å². The van der Waals surface area contributed by atoms with E-state index < -0.39 is 0 Å². The van der Waals surface area contributed by atoms with Gasteiger partial charge in [0.2, 0.25) is 5.88 Å². The number of likely N-dealkylation sites (tertiary alicyclic amines) is 1. The highest BCUT2D eigenvalue weighted by Gasteiger charge is 2.21. The lowest BCUT2D eigenvalue weighted by Crippen LogP contribution is -2.32. The van der Waals surface area contributed by atoms with E-state index in [9.17, 15) is 4.79 Å². The van der Waals surface area contributed by atoms with Crippen molar-refractivity contribution < 1.29 is 9.53 Å². The molecule has 1 fully saturated rings. The van der Waals surface area contributed by atoms with Crippen LogP contribution in [0.4, 0.5) is 5.82 Å². The van der Waals surface area contributed by atoms with Crippen LogP contribution in [-0.4, -0.2) is 52.8 Å². The fourth-order valence-electron chi connectivity index (χ4n) is 2.79. The van der Waals surface area contributed by atoms with Gasteiger partial charge in [-0.15, -0.1) is 0 Å². The van der Waals surface area contributed by atoms with Crippen molar-refractivity contribution in [1.29, 1.82) is 0 Å². The molecule has 0 aromatic carbocycles. The molecule has 7 nitrogen and oxygen atoms in total. The van der Waals surface area contributed by atoms with Gasteiger partial charge in [-0.1, -0.05) is 0 Å². The van der Waals surface area contributed by atoms with Gasteiger partial charge in [-0.25, -0.2) is 9.67 Å². The summed E-state index contributed by atoms with van der Waals surface area (Å²) in [5, 5.41) is 7.32. The number of nitrogens with zero attached hydrogens (tertiary/aromatic N) is 4. The molecular weight excluding hydrogens is 294 g/mol. The van der Waals surface area contributed by atoms with Crippen molar-refractivity contribution in [3.05, 3.63) is 36.2 Å². The van der Waals surface area contributed by atoms with Crippen LogP contribution in [-0.2, 0) is 0 Å². The van der Waals surface area contributed by atoms with E-state index in [0.717, 1.165) is 31.7 Å². The zero-order valence-corrected chi connectivity index (χ0v) is 13.4. The monoisotopic (exact) mass is 315 g/mol. The van der Waals surface area contributed by atoms with Gasteiger partial charge in [0.1, 0.15) is 5.82 Å². The average molecular weight is 315 g/mol. The third-order valence-electron chi connectivity index (χ3n) is 4.15. The number of hydrogen-bond acceptors (Lipinski definition) is 5. The summed E-state index contributed by atoms with van der Waals surface area (Å²) in [6.45, 7) is 2.08. The quantitative estimate of drug-likeness (QED) is 0.931. The first-order chi connectivity index (χ1) is 11.2. The molecule has 3 rings (SSSR count). The Bertz CT molecular complexity index is 677. The third kappa shape index (κ3) is 3.50. The van der Waals surface area contributed by atoms with Crippen molar-refractivity contribution in [3.63, 3.8) is 0 Å². The third-order valence-corrected chi connectivity index (χ3v) is 4.15. The standard InChI is InChI=1S/C16H21N5O2/c1-20-9-5-13(6-10-20)21-14(4-8-18-21)19-16(22)12-3-7-17-15(11-12)23-2/h3-4,7-8,11,13H,5-6,9-10H2,1-2H3,(H,19,22). The molecule has 0 atom stereocenters. The number of rotatable bonds is 4. The number of amides is 1. The van der Waals surface area contributed by atoms with Gasteiger partial charge >= 0.3 is 0 Å². The lowest BCUT2D eigenvalue weighted by Gasteiger charge is -2.30. The van der Waals surface area contributed by atoms with E-state index in [1.807, 2.05) is 10.7 Å². The largest absolute Gasteiger partial charge is 0.481 e. The van der Waals surface area contributed by atoms with Crippen LogP contribution in [0.3, 0.4) is 0 Å². The Kier molecular flexibility index (Phi) is 4.57. The van der Waals surface area contributed by atoms with Gasteiger partial charge in [0.15, 0.2) is 0 Å². The summed E-state index contributed by atoms with van der Waals surface area (Å²) in [5.41, 5.74) is 0.507. The molecule has 2 aromatic heterocycles. The zero-order valence-electron chi connectivity index (χ0n) is 13.4. The second kappa shape index (κ2) is 6.78. The lowest BCUT2D eigenvalue weighted by atomic mass is 10.1. The average Bonchev–Trinajstić information content (AvgIpc) is 3.03. The molecule has 2 aromatic rings. The molecule has 0 bridgehead atoms. The molecule has 1 saturated heterocycles. The number of methoxy groups -OCH3 is 1. The van der Waals surface area contributed by atoms with Crippen LogP contribution >= 0.6 is 0 Å². The molecule has 0 saturated carbocycles. The minimum atomic E-state index is -0.194. The fraction of sp³-hybridized carbons (Fsp3) is 0.438. The van der Waals surface area contributed by atoms with E-state index in [4.69, 9.17) is 4.74 Å². The van der Waals surface area contributed by atoms with E-state index in [1.54, 1.807) is 24.5 Å². The molecular formula is C16H21N5O2. The topological polar surface area (TPSA) is 72.3 Å². The van der Waals surface area contributed by atoms with Gasteiger partial charge in [-0.3, -0.25) is 4.79 Å². The Balaban J connectivity index is 1.73. The summed E-state index contributed by atoms with van der Waals surface area (Å²) in [7, 11) is 3.65. The number of aromatic nitrogens is 3. The van der Waals surface area contributed by atoms with Gasteiger partial charge in [-0.2, -0.15) is 5.10 Å². The van der Waals surface area contributed by atoms with Gasteiger partial charge in [-0.05, 0) is 39.0 Å². The van der Waals surface area contributed by atoms with Crippen molar-refractivity contribution in [3.8, 4) is 5.88 Å². The summed E-state index contributed by atoms with van der Waals surface area (Å²) < 4.78 is 6.98. The molecule has 1 aliphatic rings. The molecule has 23 heavy (non-hydrogen) atoms. The highest BCUT2D eigenvalue weighted by atomic mass is 16.5. The Morgan fingerprint density at radius 1 is 1.30 bits per heavy atom. The van der Waals surface area contributed by atoms with Gasteiger partial charge in [0.25, 0.3) is 5.91 Å². The van der Waals surface area contributed by atoms with Crippen molar-refractivity contribution in [2.75, 3.05) is 32.6 Å². The number of anilines is 1. The highest BCUT2D eigenvalue weighted by Crippen LogP contribution is 2.25. The summed E-state index contributed by atoms with van der Waals surface area (Å²) in [6.07, 6.45) is 5.34. The molecule has 7 heteroatoms. The summed E-state index contributed by atoms with van der Waals surface area (Å²) in [6, 6.07) is 5.43. The van der Waals surface area contributed by atoms with Gasteiger partial charge in [0.05, 0.1) is 19.3 Å². The lowest BCUT2D eigenvalue weighted by molar-refractivity contribution is 0.102. The Morgan fingerprint density at radius 3 is 2.83 bits per heavy atom. The van der Waals surface area contributed by atoms with E-state index >= 15 is 0 Å². The Hall–Kier alpha value is -2.41. The maximum atomic E-state index is 12.4. The minimum absolute atomic E-state index is 0.194. The Morgan fingerprint density at radius 2 is 2.09 bits per heavy atom. The van der Waals surface area contributed by atoms with Crippen LogP contribution in [0.25, 0.3) is 0 Å². The van der Waals surface area contributed by atoms with Crippen LogP contribution in [0.5, 0.6) is 5.88 Å². The minimum Gasteiger partial charge on any atom is -0.481 e. The van der Waals surface area contributed by atoms with Gasteiger partial charge < -0.3 is 15.0 Å². The molecule has 0 aliphatic carbocycles. The number of nitrogens with one attached hydrogen (secondary N) is 1. The van der Waals surface area contributed by atoms with Crippen LogP contribution in [0, 0.1) is 0 Å². The van der Waals surface area contributed by atoms with E-state index in [1.165, 1.54) is 7.11 Å². The molecule has 1 N–H and O–H groups in total. The second-order valence-corrected chi connectivity index (χ2v) is 5.74. The predicted octanol–water partition coefficient (Wildman–Crippen LogP) is 1.81. The van der Waals surface area contributed by atoms with E-state index in [-0.39, 0.29) is 5.91 Å². The number of carbonyl (C=O) groups is 1.